The van der Waals surface area contributed by atoms with Crippen molar-refractivity contribution in [1.29, 1.82) is 0 Å². The fraction of sp³-hybridized carbons (Fsp3) is 0.290. The maximum Gasteiger partial charge on any atom is 0.408 e. The Labute approximate surface area is 252 Å². The zero-order valence-corrected chi connectivity index (χ0v) is 24.5. The molecule has 0 spiro atoms. The van der Waals surface area contributed by atoms with Crippen molar-refractivity contribution >= 4 is 54.5 Å². The molecule has 1 fully saturated rings. The molecule has 0 radical (unpaired) electrons. The number of amides is 1. The molecule has 2 heterocycles. The van der Waals surface area contributed by atoms with Gasteiger partial charge < -0.3 is 14.7 Å². The van der Waals surface area contributed by atoms with Gasteiger partial charge in [0.05, 0.1) is 29.5 Å². The Morgan fingerprint density at radius 3 is 2.53 bits per heavy atom. The number of pyridine rings is 1. The van der Waals surface area contributed by atoms with Crippen molar-refractivity contribution in [2.24, 2.45) is 5.92 Å². The summed E-state index contributed by atoms with van der Waals surface area (Å²) in [6.07, 6.45) is -3.16. The Hall–Kier alpha value is -4.46. The van der Waals surface area contributed by atoms with Crippen LogP contribution in [0.2, 0.25) is 0 Å². The lowest BCUT2D eigenvalue weighted by Crippen LogP contribution is -2.46. The van der Waals surface area contributed by atoms with E-state index in [1.807, 2.05) is 0 Å². The Balaban J connectivity index is 1.56. The number of sulfonamides is 1. The molecule has 1 atom stereocenters. The van der Waals surface area contributed by atoms with Gasteiger partial charge in [-0.05, 0) is 67.1 Å². The van der Waals surface area contributed by atoms with Gasteiger partial charge >= 0.3 is 6.18 Å². The molecule has 1 aliphatic rings. The molecule has 1 unspecified atom stereocenters. The average molecular weight is 648 g/mol. The lowest BCUT2D eigenvalue weighted by molar-refractivity contribution is -0.158. The number of hydrogen-bond acceptors (Lipinski definition) is 5. The predicted molar refractivity (Wildman–Crippen MR) is 160 cm³/mol. The second-order valence-corrected chi connectivity index (χ2v) is 13.0. The van der Waals surface area contributed by atoms with Gasteiger partial charge in [-0.15, -0.1) is 0 Å². The lowest BCUT2D eigenvalue weighted by atomic mass is 9.98. The maximum absolute atomic E-state index is 13.9. The number of benzene rings is 3. The highest BCUT2D eigenvalue weighted by molar-refractivity contribution is 7.92. The zero-order valence-electron chi connectivity index (χ0n) is 23.7. The number of aromatic amines is 1. The number of H-pyrrole nitrogens is 1. The predicted octanol–water partition coefficient (Wildman–Crippen LogP) is 6.43. The first-order valence-electron chi connectivity index (χ1n) is 14.0. The van der Waals surface area contributed by atoms with Gasteiger partial charge in [-0.2, -0.15) is 13.2 Å². The molecule has 0 bridgehead atoms. The Morgan fingerprint density at radius 2 is 1.87 bits per heavy atom. The van der Waals surface area contributed by atoms with Gasteiger partial charge in [0.15, 0.2) is 0 Å². The van der Waals surface area contributed by atoms with Crippen LogP contribution in [0.25, 0.3) is 44.0 Å². The van der Waals surface area contributed by atoms with Crippen LogP contribution < -0.4 is 15.2 Å². The number of furan rings is 1. The normalized spacial score (nSPS) is 14.7. The molecule has 0 saturated heterocycles. The number of hydrogen-bond donors (Lipinski definition) is 2. The minimum atomic E-state index is -4.63. The lowest BCUT2D eigenvalue weighted by Gasteiger charge is -2.25. The summed E-state index contributed by atoms with van der Waals surface area (Å²) in [5, 5.41) is 2.82. The summed E-state index contributed by atoms with van der Waals surface area (Å²) in [5.74, 6) is -2.25. The highest BCUT2D eigenvalue weighted by Crippen LogP contribution is 2.42. The van der Waals surface area contributed by atoms with Crippen molar-refractivity contribution < 1.29 is 39.6 Å². The number of carbonyl (C=O) groups excluding carboxylic acids is 1. The number of fused-ring (bicyclic) bond motifs is 5. The van der Waals surface area contributed by atoms with Crippen LogP contribution in [0.5, 0.6) is 0 Å². The van der Waals surface area contributed by atoms with Gasteiger partial charge in [0, 0.05) is 34.5 Å². The highest BCUT2D eigenvalue weighted by Gasteiger charge is 2.49. The zero-order chi connectivity index (χ0) is 32.3. The first-order chi connectivity index (χ1) is 21.3. The van der Waals surface area contributed by atoms with E-state index in [1.165, 1.54) is 48.5 Å². The fourth-order valence-electron chi connectivity index (χ4n) is 5.60. The molecule has 236 valence electrons. The van der Waals surface area contributed by atoms with Crippen LogP contribution in [0.1, 0.15) is 29.6 Å². The van der Waals surface area contributed by atoms with Gasteiger partial charge in [0.2, 0.25) is 10.0 Å². The summed E-state index contributed by atoms with van der Waals surface area (Å²) in [6.45, 7) is -1.07. The number of nitrogens with zero attached hydrogens (tertiary/aromatic N) is 1. The number of rotatable bonds is 9. The van der Waals surface area contributed by atoms with Crippen molar-refractivity contribution in [3.05, 3.63) is 76.3 Å². The molecule has 3 aromatic carbocycles. The quantitative estimate of drug-likeness (QED) is 0.179. The molecule has 1 aliphatic carbocycles. The molecule has 5 aromatic rings. The molecule has 45 heavy (non-hydrogen) atoms. The summed E-state index contributed by atoms with van der Waals surface area (Å²) in [7, 11) is -4.02. The molecule has 2 N–H and O–H groups in total. The third-order valence-corrected chi connectivity index (χ3v) is 9.02. The van der Waals surface area contributed by atoms with Crippen LogP contribution in [0.3, 0.4) is 0 Å². The van der Waals surface area contributed by atoms with Crippen molar-refractivity contribution in [2.75, 3.05) is 23.8 Å². The second-order valence-electron chi connectivity index (χ2n) is 11.1. The minimum Gasteiger partial charge on any atom is -0.455 e. The van der Waals surface area contributed by atoms with E-state index in [0.717, 1.165) is 16.6 Å². The Kier molecular flexibility index (Phi) is 7.58. The van der Waals surface area contributed by atoms with E-state index >= 15 is 0 Å². The molecule has 6 rings (SSSR count). The topological polar surface area (TPSA) is 112 Å². The number of anilines is 1. The summed E-state index contributed by atoms with van der Waals surface area (Å²) in [6, 6.07) is 10.2. The van der Waals surface area contributed by atoms with Crippen molar-refractivity contribution in [2.45, 2.75) is 31.5 Å². The van der Waals surface area contributed by atoms with Crippen molar-refractivity contribution in [1.82, 2.24) is 10.3 Å². The van der Waals surface area contributed by atoms with Crippen LogP contribution in [-0.4, -0.2) is 51.0 Å². The summed E-state index contributed by atoms with van der Waals surface area (Å²) < 4.78 is 101. The number of nitrogens with one attached hydrogen (secondary N) is 2. The van der Waals surface area contributed by atoms with Gasteiger partial charge in [0.1, 0.15) is 23.0 Å². The molecule has 8 nitrogen and oxygen atoms in total. The summed E-state index contributed by atoms with van der Waals surface area (Å²) in [4.78, 5) is 28.9. The van der Waals surface area contributed by atoms with Crippen molar-refractivity contribution in [3.8, 4) is 11.1 Å². The number of aromatic nitrogens is 1. The van der Waals surface area contributed by atoms with E-state index in [4.69, 9.17) is 4.42 Å². The molecular formula is C31H26F5N3O5S. The fourth-order valence-corrected chi connectivity index (χ4v) is 6.57. The molecule has 14 heteroatoms. The second kappa shape index (κ2) is 11.2. The monoisotopic (exact) mass is 647 g/mol. The van der Waals surface area contributed by atoms with E-state index < -0.39 is 52.1 Å². The van der Waals surface area contributed by atoms with E-state index in [0.29, 0.717) is 18.2 Å². The van der Waals surface area contributed by atoms with Crippen LogP contribution >= 0.6 is 0 Å². The van der Waals surface area contributed by atoms with Gasteiger partial charge in [-0.25, -0.2) is 12.8 Å². The largest absolute Gasteiger partial charge is 0.455 e. The Bertz CT molecular complexity index is 2140. The maximum atomic E-state index is 13.9. The van der Waals surface area contributed by atoms with Crippen molar-refractivity contribution in [3.63, 3.8) is 0 Å². The molecule has 2 aromatic heterocycles. The summed E-state index contributed by atoms with van der Waals surface area (Å²) in [5.41, 5.74) is 0.159. The summed E-state index contributed by atoms with van der Waals surface area (Å²) >= 11 is 0. The minimum absolute atomic E-state index is 0.0352. The van der Waals surface area contributed by atoms with Gasteiger partial charge in [-0.3, -0.25) is 18.3 Å². The van der Waals surface area contributed by atoms with Crippen LogP contribution in [0, 0.1) is 11.7 Å². The molecule has 1 saturated carbocycles. The third-order valence-electron chi connectivity index (χ3n) is 7.84. The molecular weight excluding hydrogens is 621 g/mol. The number of alkyl halides is 4. The Morgan fingerprint density at radius 1 is 1.11 bits per heavy atom. The molecule has 0 aliphatic heterocycles. The highest BCUT2D eigenvalue weighted by atomic mass is 32.2. The van der Waals surface area contributed by atoms with Crippen LogP contribution in [0.4, 0.5) is 27.6 Å². The smallest absolute Gasteiger partial charge is 0.408 e. The first-order valence-corrected chi connectivity index (χ1v) is 15.8. The van der Waals surface area contributed by atoms with E-state index in [1.54, 1.807) is 0 Å². The van der Waals surface area contributed by atoms with E-state index in [9.17, 15) is 40.0 Å². The number of halogens is 5. The van der Waals surface area contributed by atoms with Crippen LogP contribution in [0.15, 0.2) is 63.8 Å². The SMILES string of the molecule is CS(=O)(=O)N(CCCF)c1cc2oc3c4ccc(F)cc4[nH]c(=O)c3c2cc1-c1cccc(C(=O)NC(C2CC2)C(F)(F)F)c1. The average Bonchev–Trinajstić information content (AvgIpc) is 3.73. The first kappa shape index (κ1) is 30.6. The standard InChI is InChI=1S/C31H26F5N3O5S/c1-45(42,43)39(11-3-10-32)24-15-25-22(26-27(44-25)20-9-8-19(33)13-23(20)37-30(26)41)14-21(24)17-4-2-5-18(12-17)29(40)38-28(16-6-7-16)31(34,35)36/h2,4-5,8-9,12-16,28H,3,6-7,10-11H2,1H3,(H,37,41)(H,38,40). The van der Waals surface area contributed by atoms with Gasteiger partial charge in [-0.1, -0.05) is 12.1 Å². The number of carbonyl (C=O) groups is 1. The van der Waals surface area contributed by atoms with Crippen LogP contribution in [-0.2, 0) is 10.0 Å². The third kappa shape index (κ3) is 5.86. The van der Waals surface area contributed by atoms with Gasteiger partial charge in [0.25, 0.3) is 11.5 Å². The van der Waals surface area contributed by atoms with E-state index in [-0.39, 0.29) is 62.8 Å². The molecule has 1 amide bonds. The van der Waals surface area contributed by atoms with E-state index in [2.05, 4.69) is 10.3 Å².